The van der Waals surface area contributed by atoms with Crippen LogP contribution in [0.15, 0.2) is 16.6 Å². The highest BCUT2D eigenvalue weighted by molar-refractivity contribution is 8.03. The van der Waals surface area contributed by atoms with E-state index in [1.54, 1.807) is 36.2 Å². The van der Waals surface area contributed by atoms with Crippen molar-refractivity contribution in [3.05, 3.63) is 27.2 Å². The molecule has 5 heteroatoms. The van der Waals surface area contributed by atoms with Gasteiger partial charge in [0.1, 0.15) is 5.01 Å². The summed E-state index contributed by atoms with van der Waals surface area (Å²) in [6, 6.07) is 0. The second-order valence-corrected chi connectivity index (χ2v) is 6.94. The summed E-state index contributed by atoms with van der Waals surface area (Å²) >= 11 is 3.41. The van der Waals surface area contributed by atoms with Gasteiger partial charge in [-0.15, -0.1) is 23.1 Å². The summed E-state index contributed by atoms with van der Waals surface area (Å²) in [7, 11) is 0. The SMILES string of the molecule is CC(C)Cc1sc(C2C=NC=CS2)nc1C(C)O. The van der Waals surface area contributed by atoms with Gasteiger partial charge in [0, 0.05) is 17.3 Å². The molecular formula is C13H18N2OS2. The third kappa shape index (κ3) is 3.22. The van der Waals surface area contributed by atoms with Gasteiger partial charge in [0.15, 0.2) is 0 Å². The van der Waals surface area contributed by atoms with Crippen LogP contribution in [0.3, 0.4) is 0 Å². The van der Waals surface area contributed by atoms with Crippen molar-refractivity contribution in [3.63, 3.8) is 0 Å². The van der Waals surface area contributed by atoms with Crippen LogP contribution in [0.2, 0.25) is 0 Å². The van der Waals surface area contributed by atoms with Crippen LogP contribution in [0, 0.1) is 5.92 Å². The minimum absolute atomic E-state index is 0.193. The number of aromatic nitrogens is 1. The average molecular weight is 282 g/mol. The molecule has 2 rings (SSSR count). The summed E-state index contributed by atoms with van der Waals surface area (Å²) in [6.45, 7) is 6.15. The zero-order valence-electron chi connectivity index (χ0n) is 10.8. The highest BCUT2D eigenvalue weighted by Crippen LogP contribution is 2.36. The molecular weight excluding hydrogens is 264 g/mol. The minimum atomic E-state index is -0.496. The molecule has 0 saturated heterocycles. The second-order valence-electron chi connectivity index (χ2n) is 4.77. The van der Waals surface area contributed by atoms with E-state index in [4.69, 9.17) is 0 Å². The number of thioether (sulfide) groups is 1. The fourth-order valence-corrected chi connectivity index (χ4v) is 4.03. The molecule has 3 nitrogen and oxygen atoms in total. The number of aliphatic imine (C=N–C) groups is 1. The van der Waals surface area contributed by atoms with Crippen molar-refractivity contribution in [2.45, 2.75) is 38.5 Å². The first kappa shape index (κ1) is 13.8. The molecule has 1 aliphatic rings. The summed E-state index contributed by atoms with van der Waals surface area (Å²) in [5.41, 5.74) is 0.840. The van der Waals surface area contributed by atoms with Crippen LogP contribution in [-0.2, 0) is 6.42 Å². The first-order valence-electron chi connectivity index (χ1n) is 6.09. The van der Waals surface area contributed by atoms with Crippen molar-refractivity contribution in [3.8, 4) is 0 Å². The Bertz CT molecular complexity index is 464. The van der Waals surface area contributed by atoms with Crippen LogP contribution in [0.4, 0.5) is 0 Å². The molecule has 0 saturated carbocycles. The van der Waals surface area contributed by atoms with Gasteiger partial charge in [-0.25, -0.2) is 4.98 Å². The number of hydrogen-bond acceptors (Lipinski definition) is 5. The Kier molecular flexibility index (Phi) is 4.59. The maximum atomic E-state index is 9.82. The van der Waals surface area contributed by atoms with Crippen molar-refractivity contribution in [2.24, 2.45) is 10.9 Å². The van der Waals surface area contributed by atoms with E-state index in [0.717, 1.165) is 17.1 Å². The standard InChI is InChI=1S/C13H18N2OS2/c1-8(2)6-10-12(9(3)16)15-13(18-10)11-7-14-4-5-17-11/h4-5,7-9,11,16H,6H2,1-3H3. The maximum Gasteiger partial charge on any atom is 0.112 e. The molecule has 0 amide bonds. The fourth-order valence-electron chi connectivity index (χ4n) is 1.79. The van der Waals surface area contributed by atoms with Gasteiger partial charge in [0.25, 0.3) is 0 Å². The second kappa shape index (κ2) is 5.99. The molecule has 1 aromatic heterocycles. The van der Waals surface area contributed by atoms with Gasteiger partial charge in [0.05, 0.1) is 17.0 Å². The Morgan fingerprint density at radius 2 is 2.17 bits per heavy atom. The zero-order valence-corrected chi connectivity index (χ0v) is 12.5. The number of aliphatic hydroxyl groups is 1. The quantitative estimate of drug-likeness (QED) is 0.915. The van der Waals surface area contributed by atoms with Gasteiger partial charge in [-0.1, -0.05) is 13.8 Å². The van der Waals surface area contributed by atoms with E-state index in [1.807, 2.05) is 11.6 Å². The molecule has 0 fully saturated rings. The Hall–Kier alpha value is -0.650. The van der Waals surface area contributed by atoms with E-state index in [1.165, 1.54) is 4.88 Å². The molecule has 0 aliphatic carbocycles. The van der Waals surface area contributed by atoms with Gasteiger partial charge in [-0.3, -0.25) is 4.99 Å². The number of rotatable bonds is 4. The molecule has 0 spiro atoms. The molecule has 18 heavy (non-hydrogen) atoms. The summed E-state index contributed by atoms with van der Waals surface area (Å²) in [5.74, 6) is 0.573. The average Bonchev–Trinajstić information content (AvgIpc) is 2.73. The molecule has 98 valence electrons. The highest BCUT2D eigenvalue weighted by atomic mass is 32.2. The van der Waals surface area contributed by atoms with Gasteiger partial charge in [-0.05, 0) is 24.7 Å². The van der Waals surface area contributed by atoms with Crippen molar-refractivity contribution in [1.82, 2.24) is 4.98 Å². The number of nitrogens with zero attached hydrogens (tertiary/aromatic N) is 2. The number of aliphatic hydroxyl groups excluding tert-OH is 1. The summed E-state index contributed by atoms with van der Waals surface area (Å²) in [5, 5.41) is 13.0. The van der Waals surface area contributed by atoms with Gasteiger partial charge < -0.3 is 5.11 Å². The Morgan fingerprint density at radius 3 is 2.72 bits per heavy atom. The van der Waals surface area contributed by atoms with E-state index in [-0.39, 0.29) is 5.25 Å². The van der Waals surface area contributed by atoms with E-state index >= 15 is 0 Å². The van der Waals surface area contributed by atoms with Crippen molar-refractivity contribution in [1.29, 1.82) is 0 Å². The van der Waals surface area contributed by atoms with Crippen LogP contribution < -0.4 is 0 Å². The lowest BCUT2D eigenvalue weighted by Crippen LogP contribution is -2.01. The van der Waals surface area contributed by atoms with Gasteiger partial charge in [-0.2, -0.15) is 0 Å². The molecule has 2 atom stereocenters. The van der Waals surface area contributed by atoms with Crippen LogP contribution >= 0.6 is 23.1 Å². The van der Waals surface area contributed by atoms with E-state index in [2.05, 4.69) is 23.8 Å². The smallest absolute Gasteiger partial charge is 0.112 e. The van der Waals surface area contributed by atoms with Crippen molar-refractivity contribution < 1.29 is 5.11 Å². The van der Waals surface area contributed by atoms with E-state index in [9.17, 15) is 5.11 Å². The van der Waals surface area contributed by atoms with Gasteiger partial charge in [0.2, 0.25) is 0 Å². The Balaban J connectivity index is 2.27. The molecule has 1 aromatic rings. The third-order valence-electron chi connectivity index (χ3n) is 2.57. The molecule has 1 aliphatic heterocycles. The maximum absolute atomic E-state index is 9.82. The lowest BCUT2D eigenvalue weighted by Gasteiger charge is -2.07. The Morgan fingerprint density at radius 1 is 1.39 bits per heavy atom. The van der Waals surface area contributed by atoms with Crippen LogP contribution in [-0.4, -0.2) is 16.3 Å². The predicted octanol–water partition coefficient (Wildman–Crippen LogP) is 3.72. The number of thiazole rings is 1. The van der Waals surface area contributed by atoms with Crippen LogP contribution in [0.5, 0.6) is 0 Å². The molecule has 2 unspecified atom stereocenters. The lowest BCUT2D eigenvalue weighted by atomic mass is 10.1. The molecule has 2 heterocycles. The normalized spacial score (nSPS) is 20.6. The lowest BCUT2D eigenvalue weighted by molar-refractivity contribution is 0.193. The monoisotopic (exact) mass is 282 g/mol. The Labute approximate surface area is 116 Å². The summed E-state index contributed by atoms with van der Waals surface area (Å²) in [4.78, 5) is 9.97. The van der Waals surface area contributed by atoms with Crippen LogP contribution in [0.1, 0.15) is 47.7 Å². The van der Waals surface area contributed by atoms with Gasteiger partial charge >= 0.3 is 0 Å². The first-order valence-corrected chi connectivity index (χ1v) is 7.85. The highest BCUT2D eigenvalue weighted by Gasteiger charge is 2.21. The molecule has 0 bridgehead atoms. The molecule has 0 radical (unpaired) electrons. The minimum Gasteiger partial charge on any atom is -0.387 e. The topological polar surface area (TPSA) is 45.5 Å². The molecule has 1 N–H and O–H groups in total. The molecule has 0 aromatic carbocycles. The summed E-state index contributed by atoms with van der Waals surface area (Å²) in [6.07, 6.45) is 4.18. The first-order chi connectivity index (χ1) is 8.58. The van der Waals surface area contributed by atoms with E-state index < -0.39 is 6.10 Å². The van der Waals surface area contributed by atoms with Crippen molar-refractivity contribution >= 4 is 29.3 Å². The van der Waals surface area contributed by atoms with Crippen LogP contribution in [0.25, 0.3) is 0 Å². The largest absolute Gasteiger partial charge is 0.387 e. The van der Waals surface area contributed by atoms with E-state index in [0.29, 0.717) is 5.92 Å². The third-order valence-corrected chi connectivity index (χ3v) is 4.81. The predicted molar refractivity (Wildman–Crippen MR) is 79.3 cm³/mol. The fraction of sp³-hybridized carbons (Fsp3) is 0.538. The number of hydrogen-bond donors (Lipinski definition) is 1. The zero-order chi connectivity index (χ0) is 13.1. The van der Waals surface area contributed by atoms with Crippen molar-refractivity contribution in [2.75, 3.05) is 0 Å². The summed E-state index contributed by atoms with van der Waals surface area (Å²) < 4.78 is 0.